The second-order valence-electron chi connectivity index (χ2n) is 4.90. The van der Waals surface area contributed by atoms with Crippen LogP contribution in [0.5, 0.6) is 0 Å². The minimum Gasteiger partial charge on any atom is -0.358 e. The molecular formula is C14H29N2O2+. The predicted molar refractivity (Wildman–Crippen MR) is 73.2 cm³/mol. The molecule has 0 aliphatic carbocycles. The van der Waals surface area contributed by atoms with Gasteiger partial charge in [-0.25, -0.2) is 0 Å². The first kappa shape index (κ1) is 17.3. The van der Waals surface area contributed by atoms with Gasteiger partial charge in [-0.05, 0) is 39.7 Å². The Morgan fingerprint density at radius 3 is 2.22 bits per heavy atom. The first-order valence-corrected chi connectivity index (χ1v) is 7.10. The van der Waals surface area contributed by atoms with Gasteiger partial charge in [-0.15, -0.1) is 0 Å². The Labute approximate surface area is 111 Å². The maximum absolute atomic E-state index is 11.6. The molecule has 4 nitrogen and oxygen atoms in total. The molecule has 0 aromatic rings. The van der Waals surface area contributed by atoms with E-state index in [1.807, 2.05) is 0 Å². The quantitative estimate of drug-likeness (QED) is 0.514. The van der Waals surface area contributed by atoms with Crippen LogP contribution in [0.15, 0.2) is 0 Å². The highest BCUT2D eigenvalue weighted by atomic mass is 16.1. The summed E-state index contributed by atoms with van der Waals surface area (Å²) in [5.41, 5.74) is 3.81. The average molecular weight is 257 g/mol. The fraction of sp³-hybridized carbons (Fsp3) is 0.857. The van der Waals surface area contributed by atoms with Crippen molar-refractivity contribution >= 4 is 11.6 Å². The number of unbranched alkanes of at least 4 members (excludes halogenated alkanes) is 4. The number of likely N-dealkylation sites (N-methyl/N-ethyl adjacent to an activating group) is 1. The lowest BCUT2D eigenvalue weighted by atomic mass is 10.0. The number of carbonyl (C=O) groups excluding carboxylic acids is 2. The molecular weight excluding hydrogens is 228 g/mol. The number of rotatable bonds is 12. The zero-order valence-electron chi connectivity index (χ0n) is 12.0. The van der Waals surface area contributed by atoms with E-state index in [0.717, 1.165) is 19.4 Å². The van der Waals surface area contributed by atoms with E-state index in [-0.39, 0.29) is 17.6 Å². The van der Waals surface area contributed by atoms with Crippen LogP contribution in [0.4, 0.5) is 0 Å². The van der Waals surface area contributed by atoms with Gasteiger partial charge in [0.15, 0.2) is 0 Å². The topological polar surface area (TPSA) is 73.8 Å². The Balaban J connectivity index is 3.50. The lowest BCUT2D eigenvalue weighted by Crippen LogP contribution is -2.50. The first-order valence-electron chi connectivity index (χ1n) is 7.10. The van der Waals surface area contributed by atoms with Crippen LogP contribution in [0.3, 0.4) is 0 Å². The molecule has 0 rings (SSSR count). The summed E-state index contributed by atoms with van der Waals surface area (Å²) in [5, 5.41) is 2.94. The Kier molecular flexibility index (Phi) is 10.9. The number of Topliss-reactive ketones (excluding diaryl/α,β-unsaturated/α-hetero) is 2. The minimum atomic E-state index is -0.161. The normalized spacial score (nSPS) is 12.4. The van der Waals surface area contributed by atoms with Gasteiger partial charge in [-0.2, -0.15) is 0 Å². The van der Waals surface area contributed by atoms with Crippen LogP contribution in [0.25, 0.3) is 0 Å². The Morgan fingerprint density at radius 1 is 1.06 bits per heavy atom. The van der Waals surface area contributed by atoms with E-state index in [1.54, 1.807) is 14.0 Å². The van der Waals surface area contributed by atoms with E-state index in [4.69, 9.17) is 0 Å². The summed E-state index contributed by atoms with van der Waals surface area (Å²) < 4.78 is 0. The fourth-order valence-corrected chi connectivity index (χ4v) is 2.01. The average Bonchev–Trinajstić information content (AvgIpc) is 2.34. The molecule has 0 aliphatic rings. The molecule has 4 N–H and O–H groups in total. The summed E-state index contributed by atoms with van der Waals surface area (Å²) in [4.78, 5) is 22.8. The molecule has 0 aromatic heterocycles. The zero-order chi connectivity index (χ0) is 13.8. The maximum atomic E-state index is 11.6. The molecule has 0 spiro atoms. The smallest absolute Gasteiger partial charge is 0.146 e. The third-order valence-corrected chi connectivity index (χ3v) is 3.26. The number of carbonyl (C=O) groups is 2. The van der Waals surface area contributed by atoms with Crippen LogP contribution < -0.4 is 11.1 Å². The molecule has 0 radical (unpaired) electrons. The predicted octanol–water partition coefficient (Wildman–Crippen LogP) is 1.10. The third kappa shape index (κ3) is 9.31. The second kappa shape index (κ2) is 11.4. The van der Waals surface area contributed by atoms with E-state index in [2.05, 4.69) is 11.1 Å². The van der Waals surface area contributed by atoms with Crippen molar-refractivity contribution in [3.63, 3.8) is 0 Å². The highest BCUT2D eigenvalue weighted by Crippen LogP contribution is 2.08. The summed E-state index contributed by atoms with van der Waals surface area (Å²) >= 11 is 0. The number of nitrogens with one attached hydrogen (secondary N) is 1. The Bertz CT molecular complexity index is 242. The maximum Gasteiger partial charge on any atom is 0.146 e. The van der Waals surface area contributed by atoms with Gasteiger partial charge in [0.05, 0.1) is 12.6 Å². The number of quaternary nitrogens is 1. The zero-order valence-corrected chi connectivity index (χ0v) is 12.0. The van der Waals surface area contributed by atoms with E-state index in [1.165, 1.54) is 19.3 Å². The van der Waals surface area contributed by atoms with Crippen LogP contribution in [0, 0.1) is 0 Å². The molecule has 4 heteroatoms. The number of hydrogen-bond acceptors (Lipinski definition) is 3. The van der Waals surface area contributed by atoms with Crippen molar-refractivity contribution in [3.8, 4) is 0 Å². The summed E-state index contributed by atoms with van der Waals surface area (Å²) in [6.07, 6.45) is 7.55. The standard InChI is InChI=1S/C14H28N2O2/c1-12(17)14(16-2)10-9-13(18)8-6-4-3-5-7-11-15/h14,16H,3-11,15H2,1-2H3/p+1/t14-/m0/s1. The van der Waals surface area contributed by atoms with Crippen molar-refractivity contribution in [2.45, 2.75) is 64.3 Å². The molecule has 0 fully saturated rings. The van der Waals surface area contributed by atoms with Gasteiger partial charge in [0.25, 0.3) is 0 Å². The van der Waals surface area contributed by atoms with Crippen molar-refractivity contribution in [1.82, 2.24) is 5.32 Å². The molecule has 0 unspecified atom stereocenters. The van der Waals surface area contributed by atoms with Gasteiger partial charge in [-0.3, -0.25) is 9.59 Å². The van der Waals surface area contributed by atoms with Gasteiger partial charge in [0.2, 0.25) is 0 Å². The summed E-state index contributed by atoms with van der Waals surface area (Å²) in [5.74, 6) is 0.395. The molecule has 0 saturated heterocycles. The van der Waals surface area contributed by atoms with Crippen molar-refractivity contribution in [1.29, 1.82) is 0 Å². The van der Waals surface area contributed by atoms with E-state index in [9.17, 15) is 9.59 Å². The van der Waals surface area contributed by atoms with Crippen LogP contribution in [-0.4, -0.2) is 31.2 Å². The first-order chi connectivity index (χ1) is 8.61. The molecule has 0 saturated carbocycles. The Morgan fingerprint density at radius 2 is 1.67 bits per heavy atom. The van der Waals surface area contributed by atoms with E-state index in [0.29, 0.717) is 19.3 Å². The third-order valence-electron chi connectivity index (χ3n) is 3.26. The van der Waals surface area contributed by atoms with Gasteiger partial charge >= 0.3 is 0 Å². The van der Waals surface area contributed by atoms with Crippen LogP contribution in [-0.2, 0) is 9.59 Å². The number of hydrogen-bond donors (Lipinski definition) is 2. The molecule has 0 aromatic carbocycles. The van der Waals surface area contributed by atoms with Crippen LogP contribution >= 0.6 is 0 Å². The molecule has 18 heavy (non-hydrogen) atoms. The minimum absolute atomic E-state index is 0.110. The van der Waals surface area contributed by atoms with Crippen molar-refractivity contribution in [2.24, 2.45) is 0 Å². The van der Waals surface area contributed by atoms with Gasteiger partial charge in [0.1, 0.15) is 11.6 Å². The molecule has 0 bridgehead atoms. The highest BCUT2D eigenvalue weighted by Gasteiger charge is 2.13. The molecule has 0 aliphatic heterocycles. The summed E-state index contributed by atoms with van der Waals surface area (Å²) in [6, 6.07) is -0.161. The van der Waals surface area contributed by atoms with Crippen molar-refractivity contribution in [2.75, 3.05) is 13.6 Å². The van der Waals surface area contributed by atoms with Gasteiger partial charge in [-0.1, -0.05) is 12.8 Å². The SMILES string of the molecule is CN[C@@H](CCC(=O)CCCCCCC[NH3+])C(C)=O. The largest absolute Gasteiger partial charge is 0.358 e. The lowest BCUT2D eigenvalue weighted by Gasteiger charge is -2.11. The van der Waals surface area contributed by atoms with E-state index >= 15 is 0 Å². The molecule has 1 atom stereocenters. The monoisotopic (exact) mass is 257 g/mol. The Hall–Kier alpha value is -0.740. The fourth-order valence-electron chi connectivity index (χ4n) is 2.01. The van der Waals surface area contributed by atoms with Crippen LogP contribution in [0.2, 0.25) is 0 Å². The van der Waals surface area contributed by atoms with E-state index < -0.39 is 0 Å². The second-order valence-corrected chi connectivity index (χ2v) is 4.90. The van der Waals surface area contributed by atoms with Crippen molar-refractivity contribution in [3.05, 3.63) is 0 Å². The van der Waals surface area contributed by atoms with Crippen LogP contribution in [0.1, 0.15) is 58.3 Å². The van der Waals surface area contributed by atoms with Gasteiger partial charge in [0, 0.05) is 12.8 Å². The summed E-state index contributed by atoms with van der Waals surface area (Å²) in [7, 11) is 1.76. The molecule has 106 valence electrons. The van der Waals surface area contributed by atoms with Gasteiger partial charge < -0.3 is 11.1 Å². The molecule has 0 amide bonds. The van der Waals surface area contributed by atoms with Crippen molar-refractivity contribution < 1.29 is 15.3 Å². The summed E-state index contributed by atoms with van der Waals surface area (Å²) in [6.45, 7) is 2.57. The lowest BCUT2D eigenvalue weighted by molar-refractivity contribution is -0.368. The molecule has 0 heterocycles. The highest BCUT2D eigenvalue weighted by molar-refractivity contribution is 5.83. The number of ketones is 2.